The molecule has 3 aromatic rings. The molecule has 2 N–H and O–H groups in total. The van der Waals surface area contributed by atoms with E-state index < -0.39 is 0 Å². The van der Waals surface area contributed by atoms with Crippen LogP contribution < -0.4 is 20.3 Å². The summed E-state index contributed by atoms with van der Waals surface area (Å²) in [6, 6.07) is 23.4. The highest BCUT2D eigenvalue weighted by Crippen LogP contribution is 2.24. The first-order chi connectivity index (χ1) is 16.0. The molecular weight excluding hydrogens is 498 g/mol. The zero-order valence-electron chi connectivity index (χ0n) is 18.8. The van der Waals surface area contributed by atoms with Gasteiger partial charge in [0.05, 0.1) is 12.2 Å². The van der Waals surface area contributed by atoms with Crippen LogP contribution in [-0.4, -0.2) is 30.7 Å². The molecule has 0 spiro atoms. The molecule has 1 amide bonds. The average Bonchev–Trinajstić information content (AvgIpc) is 2.82. The first-order valence-corrected chi connectivity index (χ1v) is 12.1. The Bertz CT molecular complexity index is 1070. The molecule has 0 saturated heterocycles. The van der Waals surface area contributed by atoms with Crippen LogP contribution in [-0.2, 0) is 6.42 Å². The molecule has 0 heterocycles. The summed E-state index contributed by atoms with van der Waals surface area (Å²) < 4.78 is 6.71. The highest BCUT2D eigenvalue weighted by molar-refractivity contribution is 9.10. The maximum atomic E-state index is 12.9. The first kappa shape index (κ1) is 24.7. The summed E-state index contributed by atoms with van der Waals surface area (Å²) in [5, 5.41) is 6.05. The van der Waals surface area contributed by atoms with Crippen LogP contribution in [0.1, 0.15) is 29.8 Å². The van der Waals surface area contributed by atoms with E-state index in [1.807, 2.05) is 48.5 Å². The number of nitrogens with one attached hydrogen (secondary N) is 2. The Morgan fingerprint density at radius 2 is 1.70 bits per heavy atom. The van der Waals surface area contributed by atoms with E-state index in [4.69, 9.17) is 17.0 Å². The summed E-state index contributed by atoms with van der Waals surface area (Å²) in [7, 11) is 0. The number of thiocarbonyl (C=S) groups is 1. The van der Waals surface area contributed by atoms with Gasteiger partial charge in [-0.25, -0.2) is 0 Å². The van der Waals surface area contributed by atoms with Gasteiger partial charge in [-0.1, -0.05) is 46.3 Å². The predicted molar refractivity (Wildman–Crippen MR) is 143 cm³/mol. The van der Waals surface area contributed by atoms with E-state index in [-0.39, 0.29) is 11.0 Å². The summed E-state index contributed by atoms with van der Waals surface area (Å²) in [5.41, 5.74) is 3.55. The second kappa shape index (κ2) is 12.4. The minimum atomic E-state index is -0.330. The highest BCUT2D eigenvalue weighted by atomic mass is 79.9. The Hall–Kier alpha value is -2.90. The van der Waals surface area contributed by atoms with Gasteiger partial charge in [0, 0.05) is 35.4 Å². The Labute approximate surface area is 209 Å². The molecule has 0 aliphatic rings. The lowest BCUT2D eigenvalue weighted by molar-refractivity contribution is 0.0973. The standard InChI is InChI=1S/C26H28BrN3O2S/c1-3-30(4-2)22-13-11-21(12-14-22)28-26(33)29-25(31)23-18-20(27)10-15-24(23)32-17-16-19-8-6-5-7-9-19/h5-15,18H,3-4,16-17H2,1-2H3,(H2,28,29,31,33). The summed E-state index contributed by atoms with van der Waals surface area (Å²) in [6.45, 7) is 6.61. The summed E-state index contributed by atoms with van der Waals surface area (Å²) in [4.78, 5) is 15.2. The van der Waals surface area contributed by atoms with Crippen LogP contribution in [0.5, 0.6) is 5.75 Å². The van der Waals surface area contributed by atoms with E-state index >= 15 is 0 Å². The molecular formula is C26H28BrN3O2S. The molecule has 0 saturated carbocycles. The Kier molecular flexibility index (Phi) is 9.27. The predicted octanol–water partition coefficient (Wildman–Crippen LogP) is 6.04. The fourth-order valence-electron chi connectivity index (χ4n) is 3.41. The van der Waals surface area contributed by atoms with Crippen molar-refractivity contribution in [2.24, 2.45) is 0 Å². The van der Waals surface area contributed by atoms with Gasteiger partial charge in [-0.15, -0.1) is 0 Å². The van der Waals surface area contributed by atoms with Gasteiger partial charge in [0.2, 0.25) is 0 Å². The molecule has 0 unspecified atom stereocenters. The number of hydrogen-bond donors (Lipinski definition) is 2. The molecule has 3 rings (SSSR count). The van der Waals surface area contributed by atoms with E-state index in [1.165, 1.54) is 5.56 Å². The number of halogens is 1. The van der Waals surface area contributed by atoms with Gasteiger partial charge in [-0.05, 0) is 74.1 Å². The molecule has 0 aliphatic heterocycles. The zero-order valence-corrected chi connectivity index (χ0v) is 21.2. The van der Waals surface area contributed by atoms with E-state index in [0.717, 1.165) is 35.4 Å². The maximum Gasteiger partial charge on any atom is 0.261 e. The quantitative estimate of drug-likeness (QED) is 0.333. The number of hydrogen-bond acceptors (Lipinski definition) is 4. The molecule has 5 nitrogen and oxygen atoms in total. The van der Waals surface area contributed by atoms with E-state index in [0.29, 0.717) is 17.9 Å². The minimum Gasteiger partial charge on any atom is -0.492 e. The van der Waals surface area contributed by atoms with Gasteiger partial charge in [0.15, 0.2) is 5.11 Å². The summed E-state index contributed by atoms with van der Waals surface area (Å²) >= 11 is 8.80. The van der Waals surface area contributed by atoms with Gasteiger partial charge >= 0.3 is 0 Å². The van der Waals surface area contributed by atoms with Crippen molar-refractivity contribution in [3.8, 4) is 5.75 Å². The molecule has 0 aromatic heterocycles. The monoisotopic (exact) mass is 525 g/mol. The van der Waals surface area contributed by atoms with Crippen LogP contribution in [0, 0.1) is 0 Å². The first-order valence-electron chi connectivity index (χ1n) is 10.9. The molecule has 0 fully saturated rings. The SMILES string of the molecule is CCN(CC)c1ccc(NC(=S)NC(=O)c2cc(Br)ccc2OCCc2ccccc2)cc1. The number of rotatable bonds is 9. The largest absolute Gasteiger partial charge is 0.492 e. The van der Waals surface area contributed by atoms with E-state index in [9.17, 15) is 4.79 Å². The average molecular weight is 527 g/mol. The van der Waals surface area contributed by atoms with Gasteiger partial charge in [0.1, 0.15) is 5.75 Å². The molecule has 0 bridgehead atoms. The van der Waals surface area contributed by atoms with Crippen molar-refractivity contribution in [2.45, 2.75) is 20.3 Å². The van der Waals surface area contributed by atoms with E-state index in [2.05, 4.69) is 57.4 Å². The molecule has 33 heavy (non-hydrogen) atoms. The summed E-state index contributed by atoms with van der Waals surface area (Å²) in [5.74, 6) is 0.182. The summed E-state index contributed by atoms with van der Waals surface area (Å²) in [6.07, 6.45) is 0.751. The third-order valence-electron chi connectivity index (χ3n) is 5.16. The van der Waals surface area contributed by atoms with Crippen LogP contribution in [0.25, 0.3) is 0 Å². The molecule has 0 aliphatic carbocycles. The van der Waals surface area contributed by atoms with Crippen molar-refractivity contribution in [3.05, 3.63) is 88.4 Å². The molecule has 0 atom stereocenters. The van der Waals surface area contributed by atoms with Crippen molar-refractivity contribution in [2.75, 3.05) is 29.9 Å². The number of anilines is 2. The van der Waals surface area contributed by atoms with Crippen LogP contribution in [0.3, 0.4) is 0 Å². The lowest BCUT2D eigenvalue weighted by atomic mass is 10.1. The Morgan fingerprint density at radius 1 is 1.00 bits per heavy atom. The lowest BCUT2D eigenvalue weighted by Crippen LogP contribution is -2.34. The third-order valence-corrected chi connectivity index (χ3v) is 5.86. The topological polar surface area (TPSA) is 53.6 Å². The van der Waals surface area contributed by atoms with Crippen molar-refractivity contribution < 1.29 is 9.53 Å². The van der Waals surface area contributed by atoms with Gasteiger partial charge in [0.25, 0.3) is 5.91 Å². The Morgan fingerprint density at radius 3 is 2.36 bits per heavy atom. The number of amides is 1. The van der Waals surface area contributed by atoms with Gasteiger partial charge < -0.3 is 15.0 Å². The van der Waals surface area contributed by atoms with Crippen molar-refractivity contribution in [3.63, 3.8) is 0 Å². The smallest absolute Gasteiger partial charge is 0.261 e. The lowest BCUT2D eigenvalue weighted by Gasteiger charge is -2.21. The number of ether oxygens (including phenoxy) is 1. The zero-order chi connectivity index (χ0) is 23.6. The third kappa shape index (κ3) is 7.30. The van der Waals surface area contributed by atoms with Crippen LogP contribution >= 0.6 is 28.1 Å². The fraction of sp³-hybridized carbons (Fsp3) is 0.231. The fourth-order valence-corrected chi connectivity index (χ4v) is 3.98. The second-order valence-electron chi connectivity index (χ2n) is 7.35. The number of nitrogens with zero attached hydrogens (tertiary/aromatic N) is 1. The number of carbonyl (C=O) groups excluding carboxylic acids is 1. The van der Waals surface area contributed by atoms with Crippen molar-refractivity contribution >= 4 is 50.5 Å². The molecule has 7 heteroatoms. The number of benzene rings is 3. The van der Waals surface area contributed by atoms with Crippen LogP contribution in [0.4, 0.5) is 11.4 Å². The Balaban J connectivity index is 1.60. The van der Waals surface area contributed by atoms with Crippen molar-refractivity contribution in [1.29, 1.82) is 0 Å². The molecule has 0 radical (unpaired) electrons. The van der Waals surface area contributed by atoms with Gasteiger partial charge in [-0.2, -0.15) is 0 Å². The highest BCUT2D eigenvalue weighted by Gasteiger charge is 2.15. The van der Waals surface area contributed by atoms with Gasteiger partial charge in [-0.3, -0.25) is 10.1 Å². The van der Waals surface area contributed by atoms with Crippen LogP contribution in [0.2, 0.25) is 0 Å². The van der Waals surface area contributed by atoms with E-state index in [1.54, 1.807) is 12.1 Å². The second-order valence-corrected chi connectivity index (χ2v) is 8.68. The molecule has 3 aromatic carbocycles. The van der Waals surface area contributed by atoms with Crippen LogP contribution in [0.15, 0.2) is 77.3 Å². The minimum absolute atomic E-state index is 0.228. The molecule has 172 valence electrons. The van der Waals surface area contributed by atoms with Crippen molar-refractivity contribution in [1.82, 2.24) is 5.32 Å². The normalized spacial score (nSPS) is 10.4. The maximum absolute atomic E-state index is 12.9. The number of carbonyl (C=O) groups is 1.